The highest BCUT2D eigenvalue weighted by molar-refractivity contribution is 5.85. The van der Waals surface area contributed by atoms with Gasteiger partial charge in [0.15, 0.2) is 0 Å². The maximum Gasteiger partial charge on any atom is 0.144 e. The third kappa shape index (κ3) is 4.46. The zero-order valence-electron chi connectivity index (χ0n) is 7.84. The molecule has 14 heavy (non-hydrogen) atoms. The van der Waals surface area contributed by atoms with Crippen LogP contribution in [0.2, 0.25) is 0 Å². The molecule has 0 aliphatic heterocycles. The van der Waals surface area contributed by atoms with Crippen molar-refractivity contribution in [1.82, 2.24) is 4.98 Å². The van der Waals surface area contributed by atoms with Gasteiger partial charge in [0.2, 0.25) is 0 Å². The van der Waals surface area contributed by atoms with Crippen molar-refractivity contribution in [3.8, 4) is 5.75 Å². The molecule has 0 atom stereocenters. The molecule has 1 aromatic heterocycles. The topological polar surface area (TPSA) is 48.1 Å². The maximum absolute atomic E-state index is 5.31. The van der Waals surface area contributed by atoms with Crippen LogP contribution in [0, 0.1) is 0 Å². The van der Waals surface area contributed by atoms with Gasteiger partial charge in [0.1, 0.15) is 11.4 Å². The SMILES string of the molecule is COc1cccnc1/C=C/CN.Cl.Cl. The van der Waals surface area contributed by atoms with Gasteiger partial charge in [-0.3, -0.25) is 4.98 Å². The summed E-state index contributed by atoms with van der Waals surface area (Å²) in [5.41, 5.74) is 6.12. The van der Waals surface area contributed by atoms with E-state index in [2.05, 4.69) is 4.98 Å². The van der Waals surface area contributed by atoms with E-state index >= 15 is 0 Å². The second kappa shape index (κ2) is 8.81. The first kappa shape index (κ1) is 15.7. The quantitative estimate of drug-likeness (QED) is 0.873. The Labute approximate surface area is 96.2 Å². The van der Waals surface area contributed by atoms with Crippen LogP contribution < -0.4 is 10.5 Å². The molecule has 0 bridgehead atoms. The smallest absolute Gasteiger partial charge is 0.144 e. The van der Waals surface area contributed by atoms with Crippen LogP contribution in [0.3, 0.4) is 0 Å². The first-order valence-electron chi connectivity index (χ1n) is 3.74. The molecule has 0 fully saturated rings. The number of hydrogen-bond donors (Lipinski definition) is 1. The number of nitrogens with zero attached hydrogens (tertiary/aromatic N) is 1. The standard InChI is InChI=1S/C9H12N2O.2ClH/c1-12-9-5-3-7-11-8(9)4-2-6-10;;/h2-5,7H,6,10H2,1H3;2*1H/b4-2+;;. The third-order valence-corrected chi connectivity index (χ3v) is 1.43. The number of rotatable bonds is 3. The van der Waals surface area contributed by atoms with Crippen LogP contribution in [-0.4, -0.2) is 18.6 Å². The predicted molar refractivity (Wildman–Crippen MR) is 63.4 cm³/mol. The van der Waals surface area contributed by atoms with Gasteiger partial charge in [0.05, 0.1) is 7.11 Å². The van der Waals surface area contributed by atoms with Gasteiger partial charge in [-0.25, -0.2) is 0 Å². The maximum atomic E-state index is 5.31. The van der Waals surface area contributed by atoms with Crippen molar-refractivity contribution >= 4 is 30.9 Å². The molecule has 0 saturated carbocycles. The van der Waals surface area contributed by atoms with E-state index in [0.717, 1.165) is 11.4 Å². The van der Waals surface area contributed by atoms with E-state index in [1.54, 1.807) is 13.3 Å². The van der Waals surface area contributed by atoms with Gasteiger partial charge in [0.25, 0.3) is 0 Å². The number of nitrogens with two attached hydrogens (primary N) is 1. The van der Waals surface area contributed by atoms with Crippen LogP contribution in [-0.2, 0) is 0 Å². The monoisotopic (exact) mass is 236 g/mol. The molecule has 0 amide bonds. The Morgan fingerprint density at radius 2 is 2.21 bits per heavy atom. The summed E-state index contributed by atoms with van der Waals surface area (Å²) in [6, 6.07) is 3.70. The highest BCUT2D eigenvalue weighted by Crippen LogP contribution is 2.15. The molecular weight excluding hydrogens is 223 g/mol. The lowest BCUT2D eigenvalue weighted by molar-refractivity contribution is 0.412. The zero-order chi connectivity index (χ0) is 8.81. The Morgan fingerprint density at radius 3 is 2.79 bits per heavy atom. The second-order valence-electron chi connectivity index (χ2n) is 2.23. The largest absolute Gasteiger partial charge is 0.494 e. The summed E-state index contributed by atoms with van der Waals surface area (Å²) < 4.78 is 5.09. The van der Waals surface area contributed by atoms with Gasteiger partial charge < -0.3 is 10.5 Å². The summed E-state index contributed by atoms with van der Waals surface area (Å²) in [5.74, 6) is 0.766. The molecule has 5 heteroatoms. The van der Waals surface area contributed by atoms with Gasteiger partial charge >= 0.3 is 0 Å². The average molecular weight is 237 g/mol. The highest BCUT2D eigenvalue weighted by Gasteiger charge is 1.96. The lowest BCUT2D eigenvalue weighted by Gasteiger charge is -2.01. The van der Waals surface area contributed by atoms with Gasteiger partial charge in [-0.05, 0) is 18.2 Å². The summed E-state index contributed by atoms with van der Waals surface area (Å²) in [6.45, 7) is 0.514. The lowest BCUT2D eigenvalue weighted by atomic mass is 10.3. The summed E-state index contributed by atoms with van der Waals surface area (Å²) >= 11 is 0. The molecule has 80 valence electrons. The summed E-state index contributed by atoms with van der Waals surface area (Å²) in [6.07, 6.45) is 5.41. The van der Waals surface area contributed by atoms with Crippen LogP contribution in [0.5, 0.6) is 5.75 Å². The minimum absolute atomic E-state index is 0. The minimum Gasteiger partial charge on any atom is -0.494 e. The van der Waals surface area contributed by atoms with Gasteiger partial charge in [-0.2, -0.15) is 0 Å². The normalized spacial score (nSPS) is 9.00. The molecular formula is C9H14Cl2N2O. The number of pyridine rings is 1. The Bertz CT molecular complexity index is 279. The fourth-order valence-corrected chi connectivity index (χ4v) is 0.880. The van der Waals surface area contributed by atoms with Crippen molar-refractivity contribution in [3.63, 3.8) is 0 Å². The number of hydrogen-bond acceptors (Lipinski definition) is 3. The summed E-state index contributed by atoms with van der Waals surface area (Å²) in [4.78, 5) is 4.12. The molecule has 1 heterocycles. The first-order chi connectivity index (χ1) is 5.88. The summed E-state index contributed by atoms with van der Waals surface area (Å²) in [7, 11) is 1.62. The number of halogens is 2. The van der Waals surface area contributed by atoms with E-state index in [0.29, 0.717) is 6.54 Å². The van der Waals surface area contributed by atoms with Gasteiger partial charge in [-0.1, -0.05) is 6.08 Å². The van der Waals surface area contributed by atoms with E-state index in [1.165, 1.54) is 0 Å². The molecule has 0 aliphatic carbocycles. The van der Waals surface area contributed by atoms with Gasteiger partial charge in [-0.15, -0.1) is 24.8 Å². The van der Waals surface area contributed by atoms with E-state index in [-0.39, 0.29) is 24.8 Å². The zero-order valence-corrected chi connectivity index (χ0v) is 9.48. The Balaban J connectivity index is 0. The van der Waals surface area contributed by atoms with Crippen molar-refractivity contribution in [2.24, 2.45) is 5.73 Å². The van der Waals surface area contributed by atoms with Crippen LogP contribution in [0.15, 0.2) is 24.4 Å². The van der Waals surface area contributed by atoms with E-state index in [9.17, 15) is 0 Å². The highest BCUT2D eigenvalue weighted by atomic mass is 35.5. The number of methoxy groups -OCH3 is 1. The first-order valence-corrected chi connectivity index (χ1v) is 3.74. The van der Waals surface area contributed by atoms with Gasteiger partial charge in [0, 0.05) is 12.7 Å². The van der Waals surface area contributed by atoms with Crippen molar-refractivity contribution in [1.29, 1.82) is 0 Å². The van der Waals surface area contributed by atoms with E-state index in [4.69, 9.17) is 10.5 Å². The Kier molecular flexibility index (Phi) is 9.88. The summed E-state index contributed by atoms with van der Waals surface area (Å²) in [5, 5.41) is 0. The van der Waals surface area contributed by atoms with E-state index < -0.39 is 0 Å². The molecule has 2 N–H and O–H groups in total. The molecule has 0 saturated heterocycles. The molecule has 0 aromatic carbocycles. The molecule has 0 aliphatic rings. The van der Waals surface area contributed by atoms with Crippen molar-refractivity contribution in [3.05, 3.63) is 30.1 Å². The molecule has 3 nitrogen and oxygen atoms in total. The fraction of sp³-hybridized carbons (Fsp3) is 0.222. The van der Waals surface area contributed by atoms with Crippen LogP contribution in [0.4, 0.5) is 0 Å². The molecule has 1 rings (SSSR count). The second-order valence-corrected chi connectivity index (χ2v) is 2.23. The van der Waals surface area contributed by atoms with Crippen LogP contribution >= 0.6 is 24.8 Å². The van der Waals surface area contributed by atoms with Crippen LogP contribution in [0.1, 0.15) is 5.69 Å². The molecule has 1 aromatic rings. The molecule has 0 spiro atoms. The number of ether oxygens (including phenoxy) is 1. The lowest BCUT2D eigenvalue weighted by Crippen LogP contribution is -1.93. The molecule has 0 radical (unpaired) electrons. The van der Waals surface area contributed by atoms with Crippen molar-refractivity contribution in [2.45, 2.75) is 0 Å². The average Bonchev–Trinajstić information content (AvgIpc) is 2.15. The third-order valence-electron chi connectivity index (χ3n) is 1.43. The van der Waals surface area contributed by atoms with E-state index in [1.807, 2.05) is 24.3 Å². The van der Waals surface area contributed by atoms with Crippen molar-refractivity contribution in [2.75, 3.05) is 13.7 Å². The molecule has 0 unspecified atom stereocenters. The predicted octanol–water partition coefficient (Wildman–Crippen LogP) is 1.91. The van der Waals surface area contributed by atoms with Crippen molar-refractivity contribution < 1.29 is 4.74 Å². The fourth-order valence-electron chi connectivity index (χ4n) is 0.880. The Hall–Kier alpha value is -0.770. The van der Waals surface area contributed by atoms with Crippen LogP contribution in [0.25, 0.3) is 6.08 Å². The number of aromatic nitrogens is 1. The Morgan fingerprint density at radius 1 is 1.50 bits per heavy atom. The minimum atomic E-state index is 0.